The van der Waals surface area contributed by atoms with Gasteiger partial charge in [-0.2, -0.15) is 0 Å². The number of β-lactam (4-membered cyclic amide) rings is 1. The summed E-state index contributed by atoms with van der Waals surface area (Å²) in [4.78, 5) is 38.3. The van der Waals surface area contributed by atoms with E-state index in [1.807, 2.05) is 6.92 Å². The van der Waals surface area contributed by atoms with E-state index in [-0.39, 0.29) is 40.7 Å². The predicted molar refractivity (Wildman–Crippen MR) is 91.8 cm³/mol. The Labute approximate surface area is 145 Å². The van der Waals surface area contributed by atoms with Gasteiger partial charge in [-0.05, 0) is 25.1 Å². The van der Waals surface area contributed by atoms with Gasteiger partial charge in [-0.1, -0.05) is 27.7 Å². The summed E-state index contributed by atoms with van der Waals surface area (Å²) >= 11 is 0. The fraction of sp³-hybridized carbons (Fsp3) is 0.824. The van der Waals surface area contributed by atoms with E-state index in [0.717, 1.165) is 0 Å². The molecule has 2 aliphatic heterocycles. The second-order valence-electron chi connectivity index (χ2n) is 8.46. The highest BCUT2D eigenvalue weighted by Gasteiger charge is 2.65. The molecule has 0 spiro atoms. The number of carbonyl (C=O) groups excluding carboxylic acids is 3. The minimum absolute atomic E-state index is 0.0411. The van der Waals surface area contributed by atoms with Gasteiger partial charge in [0.2, 0.25) is 5.91 Å². The maximum Gasteiger partial charge on any atom is 0.336 e. The normalized spacial score (nSPS) is 31.6. The van der Waals surface area contributed by atoms with E-state index in [9.17, 15) is 14.4 Å². The zero-order valence-corrected chi connectivity index (χ0v) is 16.9. The zero-order valence-electron chi connectivity index (χ0n) is 15.9. The van der Waals surface area contributed by atoms with E-state index in [0.29, 0.717) is 0 Å². The van der Waals surface area contributed by atoms with Crippen LogP contribution in [0.5, 0.6) is 0 Å². The number of fused-ring (bicyclic) bond motifs is 1. The van der Waals surface area contributed by atoms with Crippen LogP contribution in [-0.2, 0) is 23.5 Å². The molecule has 2 rings (SSSR count). The van der Waals surface area contributed by atoms with Crippen LogP contribution >= 0.6 is 0 Å². The monoisotopic (exact) mass is 355 g/mol. The molecule has 0 aromatic carbocycles. The molecule has 0 aliphatic carbocycles. The lowest BCUT2D eigenvalue weighted by Gasteiger charge is -2.50. The van der Waals surface area contributed by atoms with Gasteiger partial charge < -0.3 is 14.1 Å². The molecule has 5 atom stereocenters. The van der Waals surface area contributed by atoms with E-state index < -0.39 is 20.3 Å². The fourth-order valence-electron chi connectivity index (χ4n) is 3.50. The summed E-state index contributed by atoms with van der Waals surface area (Å²) in [5.41, 5.74) is 0. The smallest absolute Gasteiger partial charge is 0.336 e. The Morgan fingerprint density at radius 3 is 2.25 bits per heavy atom. The molecule has 0 radical (unpaired) electrons. The van der Waals surface area contributed by atoms with Crippen molar-refractivity contribution in [3.63, 3.8) is 0 Å². The molecule has 0 saturated carbocycles. The van der Waals surface area contributed by atoms with Gasteiger partial charge in [-0.3, -0.25) is 9.59 Å². The summed E-state index contributed by atoms with van der Waals surface area (Å²) in [7, 11) is -0.784. The quantitative estimate of drug-likeness (QED) is 0.334. The Morgan fingerprint density at radius 2 is 1.79 bits per heavy atom. The van der Waals surface area contributed by atoms with Crippen molar-refractivity contribution in [2.45, 2.75) is 70.9 Å². The van der Waals surface area contributed by atoms with Crippen LogP contribution < -0.4 is 0 Å². The van der Waals surface area contributed by atoms with Crippen LogP contribution in [0.3, 0.4) is 0 Å². The molecule has 2 unspecified atom stereocenters. The molecule has 6 nitrogen and oxygen atoms in total. The van der Waals surface area contributed by atoms with Crippen LogP contribution in [0.1, 0.15) is 34.6 Å². The van der Waals surface area contributed by atoms with Gasteiger partial charge in [0, 0.05) is 5.92 Å². The minimum Gasteiger partial charge on any atom is -0.467 e. The zero-order chi connectivity index (χ0) is 18.6. The first-order valence-corrected chi connectivity index (χ1v) is 11.4. The molecular weight excluding hydrogens is 326 g/mol. The molecule has 0 aromatic heterocycles. The highest BCUT2D eigenvalue weighted by atomic mass is 28.4. The summed E-state index contributed by atoms with van der Waals surface area (Å²) in [6.45, 7) is 14.4. The van der Waals surface area contributed by atoms with Crippen LogP contribution in [0.25, 0.3) is 0 Å². The number of esters is 1. The Kier molecular flexibility index (Phi) is 4.74. The Morgan fingerprint density at radius 1 is 1.25 bits per heavy atom. The molecule has 2 fully saturated rings. The maximum atomic E-state index is 12.6. The molecule has 0 N–H and O–H groups in total. The second kappa shape index (κ2) is 5.95. The molecule has 2 aliphatic rings. The van der Waals surface area contributed by atoms with Crippen molar-refractivity contribution >= 4 is 26.0 Å². The first-order valence-electron chi connectivity index (χ1n) is 8.46. The third-order valence-corrected chi connectivity index (χ3v) is 10.5. The molecular formula is C17H29NO5Si. The number of carbonyl (C=O) groups is 3. The lowest BCUT2D eigenvalue weighted by Crippen LogP contribution is -2.67. The number of ketones is 1. The van der Waals surface area contributed by atoms with Crippen molar-refractivity contribution in [1.82, 2.24) is 4.90 Å². The molecule has 0 bridgehead atoms. The molecule has 7 heteroatoms. The highest BCUT2D eigenvalue weighted by Crippen LogP contribution is 2.46. The van der Waals surface area contributed by atoms with E-state index in [1.54, 1.807) is 6.92 Å². The predicted octanol–water partition coefficient (Wildman–Crippen LogP) is 1.98. The van der Waals surface area contributed by atoms with Crippen molar-refractivity contribution < 1.29 is 23.5 Å². The number of hydrogen-bond donors (Lipinski definition) is 0. The Balaban J connectivity index is 2.20. The van der Waals surface area contributed by atoms with Crippen LogP contribution in [0, 0.1) is 11.8 Å². The SMILES string of the molecule is COC(=O)C1C(=O)[C@@H](C)[C@@H]2[C@@H](C(C)O[Si](C)(C)C(C)(C)C)C(=O)N12. The van der Waals surface area contributed by atoms with Crippen LogP contribution in [-0.4, -0.2) is 56.2 Å². The highest BCUT2D eigenvalue weighted by molar-refractivity contribution is 6.74. The molecule has 2 heterocycles. The number of amides is 1. The Hall–Kier alpha value is -1.21. The first-order chi connectivity index (χ1) is 10.8. The number of methoxy groups -OCH3 is 1. The summed E-state index contributed by atoms with van der Waals surface area (Å²) in [6.07, 6.45) is -0.272. The minimum atomic E-state index is -2.02. The average molecular weight is 356 g/mol. The summed E-state index contributed by atoms with van der Waals surface area (Å²) < 4.78 is 11.1. The van der Waals surface area contributed by atoms with Gasteiger partial charge in [-0.15, -0.1) is 0 Å². The number of nitrogens with zero attached hydrogens (tertiary/aromatic N) is 1. The van der Waals surface area contributed by atoms with Gasteiger partial charge in [0.25, 0.3) is 0 Å². The van der Waals surface area contributed by atoms with Gasteiger partial charge in [0.05, 0.1) is 25.2 Å². The number of rotatable bonds is 4. The molecule has 136 valence electrons. The van der Waals surface area contributed by atoms with Crippen molar-refractivity contribution in [3.8, 4) is 0 Å². The van der Waals surface area contributed by atoms with Gasteiger partial charge in [0.1, 0.15) is 0 Å². The average Bonchev–Trinajstić information content (AvgIpc) is 2.66. The Bertz CT molecular complexity index is 568. The van der Waals surface area contributed by atoms with E-state index in [1.165, 1.54) is 12.0 Å². The first kappa shape index (κ1) is 19.1. The van der Waals surface area contributed by atoms with Crippen molar-refractivity contribution in [2.75, 3.05) is 7.11 Å². The van der Waals surface area contributed by atoms with E-state index in [2.05, 4.69) is 33.9 Å². The van der Waals surface area contributed by atoms with Crippen molar-refractivity contribution in [1.29, 1.82) is 0 Å². The largest absolute Gasteiger partial charge is 0.467 e. The maximum absolute atomic E-state index is 12.6. The third kappa shape index (κ3) is 2.71. The van der Waals surface area contributed by atoms with Crippen molar-refractivity contribution in [3.05, 3.63) is 0 Å². The summed E-state index contributed by atoms with van der Waals surface area (Å²) in [5.74, 6) is -1.81. The van der Waals surface area contributed by atoms with E-state index >= 15 is 0 Å². The lowest BCUT2D eigenvalue weighted by molar-refractivity contribution is -0.171. The fourth-order valence-corrected chi connectivity index (χ4v) is 4.93. The molecule has 1 amide bonds. The van der Waals surface area contributed by atoms with Gasteiger partial charge in [-0.25, -0.2) is 4.79 Å². The van der Waals surface area contributed by atoms with Crippen molar-refractivity contribution in [2.24, 2.45) is 11.8 Å². The number of Topliss-reactive ketones (excluding diaryl/α,β-unsaturated/α-hetero) is 1. The van der Waals surface area contributed by atoms with Crippen LogP contribution in [0.15, 0.2) is 0 Å². The molecule has 24 heavy (non-hydrogen) atoms. The second-order valence-corrected chi connectivity index (χ2v) is 13.2. The van der Waals surface area contributed by atoms with Crippen LogP contribution in [0.4, 0.5) is 0 Å². The molecule has 0 aromatic rings. The van der Waals surface area contributed by atoms with Crippen LogP contribution in [0.2, 0.25) is 18.1 Å². The lowest BCUT2D eigenvalue weighted by atomic mass is 9.79. The van der Waals surface area contributed by atoms with E-state index in [4.69, 9.17) is 9.16 Å². The standard InChI is InChI=1S/C17H29NO5Si/c1-9-12-11(10(2)23-24(7,8)17(3,4)5)15(20)18(12)13(14(9)19)16(21)22-6/h9-13H,1-8H3/t9-,10?,11+,12+,13?/m0/s1. The third-order valence-electron chi connectivity index (χ3n) is 5.95. The summed E-state index contributed by atoms with van der Waals surface area (Å²) in [5, 5.41) is 0.0411. The number of hydrogen-bond acceptors (Lipinski definition) is 5. The molecule has 2 saturated heterocycles. The number of ether oxygens (including phenoxy) is 1. The van der Waals surface area contributed by atoms with Gasteiger partial charge in [0.15, 0.2) is 20.1 Å². The summed E-state index contributed by atoms with van der Waals surface area (Å²) in [6, 6.07) is -1.35. The van der Waals surface area contributed by atoms with Gasteiger partial charge >= 0.3 is 5.97 Å². The topological polar surface area (TPSA) is 72.9 Å².